The predicted octanol–water partition coefficient (Wildman–Crippen LogP) is 5.32. The van der Waals surface area contributed by atoms with E-state index in [0.29, 0.717) is 5.84 Å². The molecular formula is C18H17N5S. The van der Waals surface area contributed by atoms with Gasteiger partial charge in [0.1, 0.15) is 0 Å². The van der Waals surface area contributed by atoms with E-state index in [1.165, 1.54) is 4.88 Å². The summed E-state index contributed by atoms with van der Waals surface area (Å²) in [6.45, 7) is 4.02. The first-order valence-electron chi connectivity index (χ1n) is 7.52. The Labute approximate surface area is 144 Å². The molecule has 0 saturated heterocycles. The molecule has 0 radical (unpaired) electrons. The number of azo groups is 1. The van der Waals surface area contributed by atoms with Crippen LogP contribution < -0.4 is 5.43 Å². The molecular weight excluding hydrogens is 318 g/mol. The molecule has 0 unspecified atom stereocenters. The Morgan fingerprint density at radius 3 is 2.25 bits per heavy atom. The normalized spacial score (nSPS) is 11.8. The van der Waals surface area contributed by atoms with Gasteiger partial charge < -0.3 is 0 Å². The minimum Gasteiger partial charge on any atom is -0.250 e. The largest absolute Gasteiger partial charge is 0.250 e. The van der Waals surface area contributed by atoms with Crippen molar-refractivity contribution in [1.82, 2.24) is 4.98 Å². The van der Waals surface area contributed by atoms with Crippen molar-refractivity contribution in [2.75, 3.05) is 5.43 Å². The minimum absolute atomic E-state index is 0.505. The number of rotatable bonds is 4. The van der Waals surface area contributed by atoms with Gasteiger partial charge in [0, 0.05) is 10.4 Å². The summed E-state index contributed by atoms with van der Waals surface area (Å²) in [5.41, 5.74) is 5.65. The molecule has 3 rings (SSSR count). The molecule has 5 nitrogen and oxygen atoms in total. The first-order valence-corrected chi connectivity index (χ1v) is 8.34. The number of hydrogen-bond acceptors (Lipinski definition) is 5. The second-order valence-electron chi connectivity index (χ2n) is 5.11. The topological polar surface area (TPSA) is 62.0 Å². The first-order chi connectivity index (χ1) is 11.7. The van der Waals surface area contributed by atoms with E-state index in [0.717, 1.165) is 22.1 Å². The molecule has 24 heavy (non-hydrogen) atoms. The Bertz CT molecular complexity index is 834. The first kappa shape index (κ1) is 16.0. The third-order valence-corrected chi connectivity index (χ3v) is 4.31. The number of nitrogens with one attached hydrogen (secondary N) is 1. The highest BCUT2D eigenvalue weighted by molar-refractivity contribution is 7.15. The van der Waals surface area contributed by atoms with E-state index in [1.54, 1.807) is 11.3 Å². The van der Waals surface area contributed by atoms with Gasteiger partial charge in [-0.2, -0.15) is 5.10 Å². The third kappa shape index (κ3) is 4.11. The van der Waals surface area contributed by atoms with Gasteiger partial charge in [0.2, 0.25) is 11.0 Å². The summed E-state index contributed by atoms with van der Waals surface area (Å²) < 4.78 is 0. The number of aryl methyl sites for hydroxylation is 2. The summed E-state index contributed by atoms with van der Waals surface area (Å²) in [4.78, 5) is 5.59. The second-order valence-corrected chi connectivity index (χ2v) is 6.31. The van der Waals surface area contributed by atoms with Crippen LogP contribution in [0.4, 0.5) is 10.8 Å². The molecule has 0 aliphatic heterocycles. The van der Waals surface area contributed by atoms with Crippen molar-refractivity contribution in [2.45, 2.75) is 13.8 Å². The zero-order valence-electron chi connectivity index (χ0n) is 13.5. The maximum Gasteiger partial charge on any atom is 0.203 e. The van der Waals surface area contributed by atoms with Crippen molar-refractivity contribution in [2.24, 2.45) is 15.3 Å². The maximum absolute atomic E-state index is 4.42. The summed E-state index contributed by atoms with van der Waals surface area (Å²) in [5, 5.41) is 13.7. The van der Waals surface area contributed by atoms with Gasteiger partial charge in [0.15, 0.2) is 0 Å². The molecule has 2 aromatic carbocycles. The number of hydrogen-bond donors (Lipinski definition) is 1. The Hall–Kier alpha value is -2.86. The average molecular weight is 335 g/mol. The lowest BCUT2D eigenvalue weighted by Crippen LogP contribution is -2.00. The SMILES string of the molecule is Cc1nc(N/N=C(\N=N\c2ccccc2)c2ccccc2)sc1C. The maximum atomic E-state index is 4.42. The molecule has 3 aromatic rings. The Kier molecular flexibility index (Phi) is 5.08. The highest BCUT2D eigenvalue weighted by Gasteiger charge is 2.05. The van der Waals surface area contributed by atoms with Crippen molar-refractivity contribution in [3.8, 4) is 0 Å². The monoisotopic (exact) mass is 335 g/mol. The number of nitrogens with zero attached hydrogens (tertiary/aromatic N) is 4. The highest BCUT2D eigenvalue weighted by Crippen LogP contribution is 2.21. The molecule has 0 aliphatic carbocycles. The standard InChI is InChI=1S/C18H17N5S/c1-13-14(2)24-18(19-13)23-22-17(15-9-5-3-6-10-15)21-20-16-11-7-4-8-12-16/h3-12H,1-2H3,(H,19,23)/b21-20+,22-17-. The number of thiazole rings is 1. The van der Waals surface area contributed by atoms with Gasteiger partial charge in [0.05, 0.1) is 11.4 Å². The molecule has 1 N–H and O–H groups in total. The minimum atomic E-state index is 0.505. The number of benzene rings is 2. The molecule has 0 saturated carbocycles. The van der Waals surface area contributed by atoms with E-state index in [2.05, 4.69) is 25.7 Å². The van der Waals surface area contributed by atoms with E-state index >= 15 is 0 Å². The van der Waals surface area contributed by atoms with Crippen molar-refractivity contribution < 1.29 is 0 Å². The van der Waals surface area contributed by atoms with Crippen LogP contribution in [0.2, 0.25) is 0 Å². The van der Waals surface area contributed by atoms with E-state index in [-0.39, 0.29) is 0 Å². The van der Waals surface area contributed by atoms with Gasteiger partial charge in [-0.15, -0.1) is 21.6 Å². The van der Waals surface area contributed by atoms with E-state index in [9.17, 15) is 0 Å². The molecule has 0 amide bonds. The number of aromatic nitrogens is 1. The fourth-order valence-corrected chi connectivity index (χ4v) is 2.71. The van der Waals surface area contributed by atoms with E-state index in [4.69, 9.17) is 0 Å². The number of anilines is 1. The van der Waals surface area contributed by atoms with Crippen LogP contribution >= 0.6 is 11.3 Å². The lowest BCUT2D eigenvalue weighted by atomic mass is 10.2. The summed E-state index contributed by atoms with van der Waals surface area (Å²) in [7, 11) is 0. The number of amidine groups is 1. The van der Waals surface area contributed by atoms with Gasteiger partial charge in [-0.1, -0.05) is 48.5 Å². The van der Waals surface area contributed by atoms with E-state index < -0.39 is 0 Å². The predicted molar refractivity (Wildman–Crippen MR) is 99.1 cm³/mol. The fourth-order valence-electron chi connectivity index (χ4n) is 1.95. The third-order valence-electron chi connectivity index (χ3n) is 3.33. The average Bonchev–Trinajstić information content (AvgIpc) is 2.94. The van der Waals surface area contributed by atoms with Crippen LogP contribution in [0.5, 0.6) is 0 Å². The fraction of sp³-hybridized carbons (Fsp3) is 0.111. The van der Waals surface area contributed by atoms with Gasteiger partial charge in [-0.25, -0.2) is 4.98 Å². The van der Waals surface area contributed by atoms with Crippen LogP contribution in [0.3, 0.4) is 0 Å². The quantitative estimate of drug-likeness (QED) is 0.304. The molecule has 1 aromatic heterocycles. The lowest BCUT2D eigenvalue weighted by Gasteiger charge is -2.01. The van der Waals surface area contributed by atoms with Crippen LogP contribution in [0.15, 0.2) is 76.0 Å². The molecule has 0 aliphatic rings. The Balaban J connectivity index is 1.87. The van der Waals surface area contributed by atoms with Gasteiger partial charge in [-0.05, 0) is 26.0 Å². The summed E-state index contributed by atoms with van der Waals surface area (Å²) in [5.74, 6) is 0.505. The number of hydrazone groups is 1. The molecule has 0 atom stereocenters. The molecule has 0 spiro atoms. The summed E-state index contributed by atoms with van der Waals surface area (Å²) in [6.07, 6.45) is 0. The van der Waals surface area contributed by atoms with Crippen molar-refractivity contribution in [3.63, 3.8) is 0 Å². The molecule has 0 bridgehead atoms. The van der Waals surface area contributed by atoms with E-state index in [1.807, 2.05) is 74.5 Å². The van der Waals surface area contributed by atoms with Gasteiger partial charge in [-0.3, -0.25) is 5.43 Å². The van der Waals surface area contributed by atoms with Gasteiger partial charge in [0.25, 0.3) is 0 Å². The Morgan fingerprint density at radius 1 is 0.958 bits per heavy atom. The smallest absolute Gasteiger partial charge is 0.203 e. The molecule has 0 fully saturated rings. The Morgan fingerprint density at radius 2 is 1.62 bits per heavy atom. The van der Waals surface area contributed by atoms with Crippen LogP contribution in [0.1, 0.15) is 16.1 Å². The summed E-state index contributed by atoms with van der Waals surface area (Å²) >= 11 is 1.56. The zero-order chi connectivity index (χ0) is 16.8. The second kappa shape index (κ2) is 7.61. The zero-order valence-corrected chi connectivity index (χ0v) is 14.3. The van der Waals surface area contributed by atoms with Crippen LogP contribution in [-0.4, -0.2) is 10.8 Å². The molecule has 120 valence electrons. The molecule has 6 heteroatoms. The lowest BCUT2D eigenvalue weighted by molar-refractivity contribution is 1.18. The van der Waals surface area contributed by atoms with Crippen LogP contribution in [0, 0.1) is 13.8 Å². The van der Waals surface area contributed by atoms with Crippen LogP contribution in [0.25, 0.3) is 0 Å². The van der Waals surface area contributed by atoms with Crippen LogP contribution in [-0.2, 0) is 0 Å². The summed E-state index contributed by atoms with van der Waals surface area (Å²) in [6, 6.07) is 19.3. The van der Waals surface area contributed by atoms with Gasteiger partial charge >= 0.3 is 0 Å². The molecule has 1 heterocycles. The highest BCUT2D eigenvalue weighted by atomic mass is 32.1. The van der Waals surface area contributed by atoms with Crippen molar-refractivity contribution in [3.05, 3.63) is 76.8 Å². The van der Waals surface area contributed by atoms with Crippen molar-refractivity contribution in [1.29, 1.82) is 0 Å². The van der Waals surface area contributed by atoms with Crippen molar-refractivity contribution >= 4 is 28.0 Å².